The third kappa shape index (κ3) is 7.29. The molecule has 13 heteroatoms. The average Bonchev–Trinajstić information content (AvgIpc) is 2.94. The van der Waals surface area contributed by atoms with Gasteiger partial charge in [0, 0.05) is 51.5 Å². The van der Waals surface area contributed by atoms with Crippen molar-refractivity contribution in [3.05, 3.63) is 52.6 Å². The minimum atomic E-state index is -0.969. The molecular weight excluding hydrogens is 528 g/mol. The van der Waals surface area contributed by atoms with Crippen molar-refractivity contribution in [2.75, 3.05) is 51.2 Å². The normalized spacial score (nSPS) is 17.7. The number of esters is 1. The highest BCUT2D eigenvalue weighted by atomic mass is 16.5. The molecule has 1 atom stereocenters. The molecule has 3 amide bonds. The lowest BCUT2D eigenvalue weighted by atomic mass is 9.99. The zero-order valence-electron chi connectivity index (χ0n) is 23.9. The van der Waals surface area contributed by atoms with Gasteiger partial charge in [0.25, 0.3) is 0 Å². The molecule has 2 aromatic rings. The Morgan fingerprint density at radius 3 is 2.20 bits per heavy atom. The third-order valence-electron chi connectivity index (χ3n) is 7.38. The Labute approximate surface area is 239 Å². The SMILES string of the molecule is CCOC(=O)C(c1ccc(-n2ccc(NC(=O)N3CCN(C(=O)C(C)(C)N)CC3)nc2=O)cc1)N1CCC(N)CC1. The van der Waals surface area contributed by atoms with E-state index in [-0.39, 0.29) is 30.3 Å². The van der Waals surface area contributed by atoms with E-state index in [9.17, 15) is 19.2 Å². The fourth-order valence-electron chi connectivity index (χ4n) is 5.09. The molecule has 1 aromatic carbocycles. The highest BCUT2D eigenvalue weighted by Crippen LogP contribution is 2.27. The molecule has 5 N–H and O–H groups in total. The maximum Gasteiger partial charge on any atom is 0.354 e. The van der Waals surface area contributed by atoms with E-state index in [0.29, 0.717) is 45.0 Å². The summed E-state index contributed by atoms with van der Waals surface area (Å²) >= 11 is 0. The van der Waals surface area contributed by atoms with Crippen LogP contribution in [0.4, 0.5) is 10.6 Å². The van der Waals surface area contributed by atoms with E-state index in [2.05, 4.69) is 15.2 Å². The number of urea groups is 1. The van der Waals surface area contributed by atoms with Gasteiger partial charge in [0.2, 0.25) is 5.91 Å². The van der Waals surface area contributed by atoms with Gasteiger partial charge < -0.3 is 26.0 Å². The minimum absolute atomic E-state index is 0.125. The molecule has 2 aliphatic heterocycles. The van der Waals surface area contributed by atoms with Gasteiger partial charge in [-0.1, -0.05) is 12.1 Å². The van der Waals surface area contributed by atoms with Gasteiger partial charge >= 0.3 is 17.7 Å². The molecular formula is C28H40N8O5. The van der Waals surface area contributed by atoms with Crippen molar-refractivity contribution in [3.8, 4) is 5.69 Å². The van der Waals surface area contributed by atoms with Crippen molar-refractivity contribution in [1.82, 2.24) is 24.3 Å². The summed E-state index contributed by atoms with van der Waals surface area (Å²) in [6.45, 7) is 8.20. The van der Waals surface area contributed by atoms with Crippen LogP contribution in [0.15, 0.2) is 41.3 Å². The van der Waals surface area contributed by atoms with Gasteiger partial charge in [-0.05, 0) is 57.4 Å². The standard InChI is InChI=1S/C28H40N8O5/c1-4-41-24(37)23(33-12-9-20(29)10-13-33)19-5-7-21(8-6-19)36-14-11-22(32-27(36)40)31-26(39)35-17-15-34(16-18-35)25(38)28(2,3)30/h5-8,11,14,20,23H,4,9-10,12-13,15-18,29-30H2,1-3H3,(H,31,32,39,40). The lowest BCUT2D eigenvalue weighted by molar-refractivity contribution is -0.150. The number of rotatable bonds is 7. The highest BCUT2D eigenvalue weighted by Gasteiger charge is 2.32. The number of piperazine rings is 1. The number of carbonyl (C=O) groups excluding carboxylic acids is 3. The monoisotopic (exact) mass is 568 g/mol. The quantitative estimate of drug-likeness (QED) is 0.407. The van der Waals surface area contributed by atoms with Crippen molar-refractivity contribution < 1.29 is 19.1 Å². The maximum atomic E-state index is 12.8. The molecule has 1 unspecified atom stereocenters. The number of hydrogen-bond donors (Lipinski definition) is 3. The van der Waals surface area contributed by atoms with Crippen LogP contribution in [-0.2, 0) is 14.3 Å². The summed E-state index contributed by atoms with van der Waals surface area (Å²) < 4.78 is 6.71. The fraction of sp³-hybridized carbons (Fsp3) is 0.536. The Morgan fingerprint density at radius 2 is 1.63 bits per heavy atom. The van der Waals surface area contributed by atoms with Gasteiger partial charge in [0.15, 0.2) is 0 Å². The zero-order valence-corrected chi connectivity index (χ0v) is 23.9. The van der Waals surface area contributed by atoms with Gasteiger partial charge in [0.1, 0.15) is 11.9 Å². The summed E-state index contributed by atoms with van der Waals surface area (Å²) in [5.74, 6) is -0.352. The topological polar surface area (TPSA) is 169 Å². The number of amides is 3. The van der Waals surface area contributed by atoms with Gasteiger partial charge in [0.05, 0.1) is 17.8 Å². The van der Waals surface area contributed by atoms with Crippen LogP contribution in [-0.4, -0.2) is 99.6 Å². The number of hydrogen-bond acceptors (Lipinski definition) is 9. The number of aromatic nitrogens is 2. The zero-order chi connectivity index (χ0) is 29.7. The molecule has 2 saturated heterocycles. The average molecular weight is 569 g/mol. The predicted octanol–water partition coefficient (Wildman–Crippen LogP) is 0.673. The van der Waals surface area contributed by atoms with E-state index >= 15 is 0 Å². The molecule has 222 valence electrons. The molecule has 0 bridgehead atoms. The molecule has 2 aliphatic rings. The summed E-state index contributed by atoms with van der Waals surface area (Å²) in [5.41, 5.74) is 11.8. The van der Waals surface area contributed by atoms with Crippen LogP contribution in [0.1, 0.15) is 45.2 Å². The smallest absolute Gasteiger partial charge is 0.354 e. The molecule has 0 radical (unpaired) electrons. The van der Waals surface area contributed by atoms with Crippen LogP contribution in [0.25, 0.3) is 5.69 Å². The number of benzene rings is 1. The number of nitrogens with two attached hydrogens (primary N) is 2. The number of anilines is 1. The lowest BCUT2D eigenvalue weighted by Gasteiger charge is -2.37. The molecule has 0 aliphatic carbocycles. The largest absolute Gasteiger partial charge is 0.465 e. The van der Waals surface area contributed by atoms with Crippen LogP contribution >= 0.6 is 0 Å². The summed E-state index contributed by atoms with van der Waals surface area (Å²) in [6, 6.07) is 7.85. The second-order valence-corrected chi connectivity index (χ2v) is 11.0. The summed E-state index contributed by atoms with van der Waals surface area (Å²) in [6.07, 6.45) is 3.15. The predicted molar refractivity (Wildman–Crippen MR) is 153 cm³/mol. The Bertz CT molecular complexity index is 1290. The van der Waals surface area contributed by atoms with Crippen LogP contribution < -0.4 is 22.5 Å². The van der Waals surface area contributed by atoms with Crippen LogP contribution in [0.3, 0.4) is 0 Å². The molecule has 41 heavy (non-hydrogen) atoms. The van der Waals surface area contributed by atoms with E-state index in [1.54, 1.807) is 48.8 Å². The highest BCUT2D eigenvalue weighted by molar-refractivity contribution is 5.89. The van der Waals surface area contributed by atoms with Crippen molar-refractivity contribution >= 4 is 23.7 Å². The fourth-order valence-corrected chi connectivity index (χ4v) is 5.09. The van der Waals surface area contributed by atoms with Crippen LogP contribution in [0.5, 0.6) is 0 Å². The Hall–Kier alpha value is -3.81. The number of ether oxygens (including phenoxy) is 1. The molecule has 0 spiro atoms. The second-order valence-electron chi connectivity index (χ2n) is 11.0. The molecule has 0 saturated carbocycles. The second kappa shape index (κ2) is 12.8. The summed E-state index contributed by atoms with van der Waals surface area (Å²) in [7, 11) is 0. The van der Waals surface area contributed by atoms with Crippen LogP contribution in [0.2, 0.25) is 0 Å². The summed E-state index contributed by atoms with van der Waals surface area (Å²) in [5, 5.41) is 2.66. The number of carbonyl (C=O) groups is 3. The molecule has 3 heterocycles. The number of piperidine rings is 1. The molecule has 2 fully saturated rings. The van der Waals surface area contributed by atoms with Gasteiger partial charge in [-0.25, -0.2) is 14.4 Å². The van der Waals surface area contributed by atoms with E-state index < -0.39 is 23.3 Å². The summed E-state index contributed by atoms with van der Waals surface area (Å²) in [4.78, 5) is 60.1. The Kier molecular flexibility index (Phi) is 9.41. The Morgan fingerprint density at radius 1 is 1.02 bits per heavy atom. The number of nitrogens with zero attached hydrogens (tertiary/aromatic N) is 5. The van der Waals surface area contributed by atoms with Gasteiger partial charge in [-0.15, -0.1) is 0 Å². The number of nitrogens with one attached hydrogen (secondary N) is 1. The maximum absolute atomic E-state index is 12.8. The molecule has 13 nitrogen and oxygen atoms in total. The third-order valence-corrected chi connectivity index (χ3v) is 7.38. The van der Waals surface area contributed by atoms with E-state index in [1.165, 1.54) is 10.8 Å². The van der Waals surface area contributed by atoms with Crippen molar-refractivity contribution in [3.63, 3.8) is 0 Å². The first-order valence-electron chi connectivity index (χ1n) is 14.0. The first kappa shape index (κ1) is 30.2. The Balaban J connectivity index is 1.41. The van der Waals surface area contributed by atoms with E-state index in [4.69, 9.17) is 16.2 Å². The molecule has 1 aromatic heterocycles. The van der Waals surface area contributed by atoms with Crippen molar-refractivity contribution in [2.45, 2.75) is 51.2 Å². The van der Waals surface area contributed by atoms with E-state index in [1.807, 2.05) is 12.1 Å². The van der Waals surface area contributed by atoms with Crippen LogP contribution in [0, 0.1) is 0 Å². The number of likely N-dealkylation sites (tertiary alicyclic amines) is 1. The van der Waals surface area contributed by atoms with Gasteiger partial charge in [-0.2, -0.15) is 4.98 Å². The van der Waals surface area contributed by atoms with E-state index in [0.717, 1.165) is 18.4 Å². The minimum Gasteiger partial charge on any atom is -0.465 e. The first-order valence-corrected chi connectivity index (χ1v) is 14.0. The lowest BCUT2D eigenvalue weighted by Crippen LogP contribution is -2.58. The van der Waals surface area contributed by atoms with Crippen molar-refractivity contribution in [2.24, 2.45) is 11.5 Å². The first-order chi connectivity index (χ1) is 19.5. The van der Waals surface area contributed by atoms with Crippen molar-refractivity contribution in [1.29, 1.82) is 0 Å². The molecule has 4 rings (SSSR count). The van der Waals surface area contributed by atoms with Gasteiger partial charge in [-0.3, -0.25) is 19.6 Å².